The van der Waals surface area contributed by atoms with Crippen LogP contribution in [0.4, 0.5) is 5.69 Å². The number of anilines is 1. The third-order valence-electron chi connectivity index (χ3n) is 4.86. The van der Waals surface area contributed by atoms with Crippen LogP contribution in [0.5, 0.6) is 11.5 Å². The van der Waals surface area contributed by atoms with E-state index in [-0.39, 0.29) is 0 Å². The predicted octanol–water partition coefficient (Wildman–Crippen LogP) is 2.82. The molecule has 0 bridgehead atoms. The number of nitrogens with one attached hydrogen (secondary N) is 1. The lowest BCUT2D eigenvalue weighted by Gasteiger charge is -2.34. The molecule has 2 aliphatic rings. The van der Waals surface area contributed by atoms with Gasteiger partial charge in [0.25, 0.3) is 0 Å². The molecule has 1 aromatic rings. The molecule has 4 heteroatoms. The van der Waals surface area contributed by atoms with Crippen LogP contribution in [0.2, 0.25) is 0 Å². The fourth-order valence-corrected chi connectivity index (χ4v) is 3.71. The summed E-state index contributed by atoms with van der Waals surface area (Å²) in [6.45, 7) is 3.30. The Bertz CT molecular complexity index is 461. The quantitative estimate of drug-likeness (QED) is 0.928. The second kappa shape index (κ2) is 6.14. The molecular formula is C17H26N2O2. The number of rotatable bonds is 3. The molecule has 1 saturated heterocycles. The van der Waals surface area contributed by atoms with Crippen LogP contribution in [0, 0.1) is 0 Å². The Labute approximate surface area is 127 Å². The highest BCUT2D eigenvalue weighted by molar-refractivity contribution is 5.56. The zero-order valence-electron chi connectivity index (χ0n) is 13.2. The molecule has 1 aliphatic carbocycles. The van der Waals surface area contributed by atoms with E-state index in [4.69, 9.17) is 9.47 Å². The highest BCUT2D eigenvalue weighted by atomic mass is 16.5. The fraction of sp³-hybridized carbons (Fsp3) is 0.647. The zero-order valence-corrected chi connectivity index (χ0v) is 13.2. The molecule has 4 nitrogen and oxygen atoms in total. The van der Waals surface area contributed by atoms with Gasteiger partial charge in [-0.15, -0.1) is 0 Å². The van der Waals surface area contributed by atoms with Gasteiger partial charge in [-0.2, -0.15) is 0 Å². The maximum Gasteiger partial charge on any atom is 0.124 e. The molecule has 0 unspecified atom stereocenters. The normalized spacial score (nSPS) is 21.3. The van der Waals surface area contributed by atoms with Gasteiger partial charge in [0.15, 0.2) is 0 Å². The number of methoxy groups -OCH3 is 2. The van der Waals surface area contributed by atoms with Gasteiger partial charge in [0.05, 0.1) is 14.2 Å². The molecule has 1 heterocycles. The van der Waals surface area contributed by atoms with Crippen LogP contribution in [-0.4, -0.2) is 39.4 Å². The molecule has 0 aromatic heterocycles. The van der Waals surface area contributed by atoms with E-state index in [1.165, 1.54) is 37.8 Å². The van der Waals surface area contributed by atoms with E-state index < -0.39 is 0 Å². The van der Waals surface area contributed by atoms with E-state index in [9.17, 15) is 0 Å². The van der Waals surface area contributed by atoms with Crippen LogP contribution in [0.25, 0.3) is 0 Å². The van der Waals surface area contributed by atoms with Gasteiger partial charge in [0.1, 0.15) is 11.5 Å². The molecule has 21 heavy (non-hydrogen) atoms. The van der Waals surface area contributed by atoms with Crippen LogP contribution in [0.1, 0.15) is 32.1 Å². The summed E-state index contributed by atoms with van der Waals surface area (Å²) in [5.74, 6) is 1.73. The van der Waals surface area contributed by atoms with E-state index in [2.05, 4.69) is 22.3 Å². The first-order valence-electron chi connectivity index (χ1n) is 7.98. The molecule has 1 saturated carbocycles. The zero-order chi connectivity index (χ0) is 14.7. The third-order valence-corrected chi connectivity index (χ3v) is 4.86. The summed E-state index contributed by atoms with van der Waals surface area (Å²) in [5, 5.41) is 3.81. The van der Waals surface area contributed by atoms with Gasteiger partial charge in [-0.3, -0.25) is 0 Å². The molecular weight excluding hydrogens is 264 g/mol. The van der Waals surface area contributed by atoms with Crippen molar-refractivity contribution in [2.45, 2.75) is 37.6 Å². The van der Waals surface area contributed by atoms with Crippen molar-refractivity contribution in [2.24, 2.45) is 0 Å². The second-order valence-corrected chi connectivity index (χ2v) is 6.26. The summed E-state index contributed by atoms with van der Waals surface area (Å²) in [4.78, 5) is 2.50. The van der Waals surface area contributed by atoms with Crippen LogP contribution in [-0.2, 0) is 0 Å². The van der Waals surface area contributed by atoms with Crippen molar-refractivity contribution in [1.82, 2.24) is 5.32 Å². The van der Waals surface area contributed by atoms with Crippen molar-refractivity contribution in [3.05, 3.63) is 18.2 Å². The van der Waals surface area contributed by atoms with Crippen molar-refractivity contribution < 1.29 is 9.47 Å². The first-order chi connectivity index (χ1) is 10.2. The molecule has 0 amide bonds. The predicted molar refractivity (Wildman–Crippen MR) is 85.6 cm³/mol. The first-order valence-corrected chi connectivity index (χ1v) is 7.98. The maximum atomic E-state index is 5.41. The lowest BCUT2D eigenvalue weighted by Crippen LogP contribution is -2.49. The van der Waals surface area contributed by atoms with Crippen molar-refractivity contribution in [1.29, 1.82) is 0 Å². The van der Waals surface area contributed by atoms with Gasteiger partial charge in [-0.05, 0) is 25.8 Å². The van der Waals surface area contributed by atoms with Crippen molar-refractivity contribution in [3.8, 4) is 11.5 Å². The van der Waals surface area contributed by atoms with Crippen LogP contribution < -0.4 is 19.7 Å². The Hall–Kier alpha value is -1.42. The van der Waals surface area contributed by atoms with Gasteiger partial charge in [0, 0.05) is 42.5 Å². The lowest BCUT2D eigenvalue weighted by atomic mass is 9.97. The number of ether oxygens (including phenoxy) is 2. The fourth-order valence-electron chi connectivity index (χ4n) is 3.71. The molecule has 1 N–H and O–H groups in total. The number of benzene rings is 1. The highest BCUT2D eigenvalue weighted by Crippen LogP contribution is 2.35. The van der Waals surface area contributed by atoms with Crippen molar-refractivity contribution in [3.63, 3.8) is 0 Å². The average molecular weight is 290 g/mol. The van der Waals surface area contributed by atoms with E-state index in [0.717, 1.165) is 31.1 Å². The number of hydrogen-bond acceptors (Lipinski definition) is 4. The Kier molecular flexibility index (Phi) is 4.24. The summed E-state index contributed by atoms with van der Waals surface area (Å²) in [7, 11) is 3.42. The Balaban J connectivity index is 1.87. The molecule has 1 aromatic carbocycles. The second-order valence-electron chi connectivity index (χ2n) is 6.26. The summed E-state index contributed by atoms with van der Waals surface area (Å²) in [5.41, 5.74) is 1.52. The largest absolute Gasteiger partial charge is 0.497 e. The monoisotopic (exact) mass is 290 g/mol. The Morgan fingerprint density at radius 2 is 1.67 bits per heavy atom. The molecule has 3 rings (SSSR count). The summed E-state index contributed by atoms with van der Waals surface area (Å²) >= 11 is 0. The molecule has 0 atom stereocenters. The van der Waals surface area contributed by atoms with Gasteiger partial charge < -0.3 is 19.7 Å². The standard InChI is InChI=1S/C17H26N2O2/c1-20-15-10-14(11-16(12-15)21-2)19-9-5-8-18-17(13-19)6-3-4-7-17/h10-12,18H,3-9,13H2,1-2H3. The average Bonchev–Trinajstić information content (AvgIpc) is 2.87. The first kappa shape index (κ1) is 14.5. The van der Waals surface area contributed by atoms with E-state index in [1.54, 1.807) is 14.2 Å². The van der Waals surface area contributed by atoms with Crippen LogP contribution in [0.15, 0.2) is 18.2 Å². The number of nitrogens with zero attached hydrogens (tertiary/aromatic N) is 1. The smallest absolute Gasteiger partial charge is 0.124 e. The van der Waals surface area contributed by atoms with E-state index >= 15 is 0 Å². The molecule has 2 fully saturated rings. The summed E-state index contributed by atoms with van der Waals surface area (Å²) in [6, 6.07) is 6.18. The maximum absolute atomic E-state index is 5.41. The minimum Gasteiger partial charge on any atom is -0.497 e. The summed E-state index contributed by atoms with van der Waals surface area (Å²) in [6.07, 6.45) is 6.47. The van der Waals surface area contributed by atoms with Gasteiger partial charge >= 0.3 is 0 Å². The Morgan fingerprint density at radius 1 is 1.00 bits per heavy atom. The molecule has 0 radical (unpaired) electrons. The van der Waals surface area contributed by atoms with Crippen molar-refractivity contribution in [2.75, 3.05) is 38.8 Å². The number of hydrogen-bond donors (Lipinski definition) is 1. The van der Waals surface area contributed by atoms with Gasteiger partial charge in [-0.1, -0.05) is 12.8 Å². The minimum absolute atomic E-state index is 0.312. The van der Waals surface area contributed by atoms with Crippen LogP contribution in [0.3, 0.4) is 0 Å². The van der Waals surface area contributed by atoms with E-state index in [1.807, 2.05) is 6.07 Å². The highest BCUT2D eigenvalue weighted by Gasteiger charge is 2.36. The van der Waals surface area contributed by atoms with Gasteiger partial charge in [0.2, 0.25) is 0 Å². The van der Waals surface area contributed by atoms with E-state index in [0.29, 0.717) is 5.54 Å². The minimum atomic E-state index is 0.312. The van der Waals surface area contributed by atoms with Crippen molar-refractivity contribution >= 4 is 5.69 Å². The third kappa shape index (κ3) is 3.10. The van der Waals surface area contributed by atoms with Crippen LogP contribution >= 0.6 is 0 Å². The topological polar surface area (TPSA) is 33.7 Å². The molecule has 1 spiro atoms. The lowest BCUT2D eigenvalue weighted by molar-refractivity contribution is 0.354. The summed E-state index contributed by atoms with van der Waals surface area (Å²) < 4.78 is 10.8. The Morgan fingerprint density at radius 3 is 2.29 bits per heavy atom. The molecule has 1 aliphatic heterocycles. The SMILES string of the molecule is COc1cc(OC)cc(N2CCCNC3(CCCC3)C2)c1. The molecule has 116 valence electrons. The van der Waals surface area contributed by atoms with Gasteiger partial charge in [-0.25, -0.2) is 0 Å².